The highest BCUT2D eigenvalue weighted by Gasteiger charge is 2.12. The number of aliphatic carboxylic acids is 1. The quantitative estimate of drug-likeness (QED) is 0.862. The van der Waals surface area contributed by atoms with Crippen LogP contribution >= 0.6 is 0 Å². The van der Waals surface area contributed by atoms with Crippen LogP contribution in [0.2, 0.25) is 0 Å². The maximum absolute atomic E-state index is 10.7. The van der Waals surface area contributed by atoms with Crippen molar-refractivity contribution >= 4 is 5.97 Å². The van der Waals surface area contributed by atoms with Gasteiger partial charge < -0.3 is 15.6 Å². The molecule has 0 aliphatic heterocycles. The van der Waals surface area contributed by atoms with E-state index in [-0.39, 0.29) is 6.42 Å². The Morgan fingerprint density at radius 2 is 1.79 bits per heavy atom. The first-order chi connectivity index (χ1) is 9.15. The number of carbonyl (C=O) groups is 1. The number of ether oxygens (including phenoxy) is 1. The minimum Gasteiger partial charge on any atom is -0.480 e. The van der Waals surface area contributed by atoms with Crippen LogP contribution in [0.1, 0.15) is 5.56 Å². The van der Waals surface area contributed by atoms with Gasteiger partial charge >= 0.3 is 5.97 Å². The van der Waals surface area contributed by atoms with Gasteiger partial charge in [-0.05, 0) is 36.2 Å². The summed E-state index contributed by atoms with van der Waals surface area (Å²) in [5.74, 6) is 0.401. The number of hydrogen-bond donors (Lipinski definition) is 2. The number of rotatable bonds is 5. The lowest BCUT2D eigenvalue weighted by molar-refractivity contribution is -0.138. The van der Waals surface area contributed by atoms with Crippen molar-refractivity contribution in [3.8, 4) is 11.5 Å². The Morgan fingerprint density at radius 3 is 2.47 bits per heavy atom. The summed E-state index contributed by atoms with van der Waals surface area (Å²) in [4.78, 5) is 10.7. The zero-order valence-corrected chi connectivity index (χ0v) is 10.3. The molecule has 0 bridgehead atoms. The molecule has 0 heterocycles. The van der Waals surface area contributed by atoms with Gasteiger partial charge in [0, 0.05) is 0 Å². The summed E-state index contributed by atoms with van der Waals surface area (Å²) < 4.78 is 5.67. The van der Waals surface area contributed by atoms with Crippen molar-refractivity contribution in [2.45, 2.75) is 12.5 Å². The van der Waals surface area contributed by atoms with Crippen molar-refractivity contribution in [2.24, 2.45) is 5.73 Å². The number of hydrogen-bond acceptors (Lipinski definition) is 3. The van der Waals surface area contributed by atoms with Gasteiger partial charge in [0.15, 0.2) is 0 Å². The highest BCUT2D eigenvalue weighted by Crippen LogP contribution is 2.22. The van der Waals surface area contributed by atoms with Crippen LogP contribution in [0.4, 0.5) is 0 Å². The van der Waals surface area contributed by atoms with Crippen LogP contribution in [0, 0.1) is 0 Å². The molecule has 4 nitrogen and oxygen atoms in total. The zero-order chi connectivity index (χ0) is 13.7. The SMILES string of the molecule is NC(Cc1cccc(Oc2ccccc2)c1)C(=O)O. The summed E-state index contributed by atoms with van der Waals surface area (Å²) >= 11 is 0. The molecule has 0 aliphatic carbocycles. The van der Waals surface area contributed by atoms with Crippen molar-refractivity contribution in [1.29, 1.82) is 0 Å². The van der Waals surface area contributed by atoms with Gasteiger partial charge in [0.05, 0.1) is 0 Å². The molecule has 2 aromatic rings. The van der Waals surface area contributed by atoms with E-state index in [2.05, 4.69) is 0 Å². The first-order valence-electron chi connectivity index (χ1n) is 5.95. The van der Waals surface area contributed by atoms with Crippen molar-refractivity contribution in [1.82, 2.24) is 0 Å². The molecule has 2 rings (SSSR count). The van der Waals surface area contributed by atoms with Gasteiger partial charge in [0.25, 0.3) is 0 Å². The van der Waals surface area contributed by atoms with Gasteiger partial charge in [0.1, 0.15) is 17.5 Å². The number of para-hydroxylation sites is 1. The molecular formula is C15H15NO3. The van der Waals surface area contributed by atoms with Gasteiger partial charge in [-0.15, -0.1) is 0 Å². The fraction of sp³-hybridized carbons (Fsp3) is 0.133. The molecule has 4 heteroatoms. The van der Waals surface area contributed by atoms with E-state index in [0.717, 1.165) is 11.3 Å². The Labute approximate surface area is 111 Å². The Morgan fingerprint density at radius 1 is 1.11 bits per heavy atom. The second-order valence-electron chi connectivity index (χ2n) is 4.21. The molecule has 0 spiro atoms. The molecule has 2 aromatic carbocycles. The van der Waals surface area contributed by atoms with Crippen LogP contribution in [0.25, 0.3) is 0 Å². The molecule has 3 N–H and O–H groups in total. The van der Waals surface area contributed by atoms with E-state index in [9.17, 15) is 4.79 Å². The average molecular weight is 257 g/mol. The summed E-state index contributed by atoms with van der Waals surface area (Å²) in [6, 6.07) is 15.8. The smallest absolute Gasteiger partial charge is 0.320 e. The van der Waals surface area contributed by atoms with Crippen LogP contribution in [-0.4, -0.2) is 17.1 Å². The Hall–Kier alpha value is -2.33. The molecule has 19 heavy (non-hydrogen) atoms. The van der Waals surface area contributed by atoms with Crippen molar-refractivity contribution < 1.29 is 14.6 Å². The molecule has 0 fully saturated rings. The molecule has 0 saturated heterocycles. The maximum atomic E-state index is 10.7. The molecule has 98 valence electrons. The normalized spacial score (nSPS) is 11.8. The topological polar surface area (TPSA) is 72.5 Å². The lowest BCUT2D eigenvalue weighted by Crippen LogP contribution is -2.32. The van der Waals surface area contributed by atoms with Crippen LogP contribution in [-0.2, 0) is 11.2 Å². The fourth-order valence-corrected chi connectivity index (χ4v) is 1.70. The van der Waals surface area contributed by atoms with E-state index in [1.165, 1.54) is 0 Å². The summed E-state index contributed by atoms with van der Waals surface area (Å²) in [6.07, 6.45) is 0.279. The van der Waals surface area contributed by atoms with Gasteiger partial charge in [-0.1, -0.05) is 30.3 Å². The van der Waals surface area contributed by atoms with Gasteiger partial charge in [-0.2, -0.15) is 0 Å². The molecule has 0 saturated carbocycles. The number of carboxylic acids is 1. The fourth-order valence-electron chi connectivity index (χ4n) is 1.70. The average Bonchev–Trinajstić information content (AvgIpc) is 2.40. The van der Waals surface area contributed by atoms with E-state index < -0.39 is 12.0 Å². The highest BCUT2D eigenvalue weighted by atomic mass is 16.5. The largest absolute Gasteiger partial charge is 0.480 e. The minimum absolute atomic E-state index is 0.279. The molecule has 0 aliphatic rings. The number of benzene rings is 2. The van der Waals surface area contributed by atoms with E-state index >= 15 is 0 Å². The summed E-state index contributed by atoms with van der Waals surface area (Å²) in [5.41, 5.74) is 6.35. The summed E-state index contributed by atoms with van der Waals surface area (Å²) in [5, 5.41) is 8.79. The predicted octanol–water partition coefficient (Wildman–Crippen LogP) is 2.43. The van der Waals surface area contributed by atoms with Crippen LogP contribution in [0.5, 0.6) is 11.5 Å². The van der Waals surface area contributed by atoms with Crippen molar-refractivity contribution in [3.63, 3.8) is 0 Å². The Kier molecular flexibility index (Phi) is 4.15. The summed E-state index contributed by atoms with van der Waals surface area (Å²) in [7, 11) is 0. The minimum atomic E-state index is -1.01. The van der Waals surface area contributed by atoms with Gasteiger partial charge in [-0.3, -0.25) is 4.79 Å². The molecular weight excluding hydrogens is 242 g/mol. The Balaban J connectivity index is 2.09. The maximum Gasteiger partial charge on any atom is 0.320 e. The highest BCUT2D eigenvalue weighted by molar-refractivity contribution is 5.73. The lowest BCUT2D eigenvalue weighted by Gasteiger charge is -2.09. The van der Waals surface area contributed by atoms with E-state index in [1.807, 2.05) is 48.5 Å². The lowest BCUT2D eigenvalue weighted by atomic mass is 10.1. The second kappa shape index (κ2) is 6.02. The zero-order valence-electron chi connectivity index (χ0n) is 10.3. The van der Waals surface area contributed by atoms with E-state index in [4.69, 9.17) is 15.6 Å². The van der Waals surface area contributed by atoms with Gasteiger partial charge in [-0.25, -0.2) is 0 Å². The molecule has 0 amide bonds. The van der Waals surface area contributed by atoms with Gasteiger partial charge in [0.2, 0.25) is 0 Å². The molecule has 0 radical (unpaired) electrons. The molecule has 0 aromatic heterocycles. The van der Waals surface area contributed by atoms with Crippen molar-refractivity contribution in [2.75, 3.05) is 0 Å². The standard InChI is InChI=1S/C15H15NO3/c16-14(15(17)18)10-11-5-4-8-13(9-11)19-12-6-2-1-3-7-12/h1-9,14H,10,16H2,(H,17,18). The van der Waals surface area contributed by atoms with E-state index in [0.29, 0.717) is 5.75 Å². The van der Waals surface area contributed by atoms with Crippen LogP contribution in [0.3, 0.4) is 0 Å². The molecule has 1 atom stereocenters. The third-order valence-corrected chi connectivity index (χ3v) is 2.65. The first-order valence-corrected chi connectivity index (χ1v) is 5.95. The summed E-state index contributed by atoms with van der Waals surface area (Å²) in [6.45, 7) is 0. The van der Waals surface area contributed by atoms with Crippen molar-refractivity contribution in [3.05, 3.63) is 60.2 Å². The van der Waals surface area contributed by atoms with Crippen LogP contribution in [0.15, 0.2) is 54.6 Å². The predicted molar refractivity (Wildman–Crippen MR) is 72.3 cm³/mol. The second-order valence-corrected chi connectivity index (χ2v) is 4.21. The Bertz CT molecular complexity index is 554. The molecule has 1 unspecified atom stereocenters. The van der Waals surface area contributed by atoms with E-state index in [1.54, 1.807) is 6.07 Å². The number of carboxylic acid groups (broad SMARTS) is 1. The third kappa shape index (κ3) is 3.82. The number of nitrogens with two attached hydrogens (primary N) is 1. The monoisotopic (exact) mass is 257 g/mol. The third-order valence-electron chi connectivity index (χ3n) is 2.65. The van der Waals surface area contributed by atoms with Crippen LogP contribution < -0.4 is 10.5 Å². The first kappa shape index (κ1) is 13.1.